The molecular weight excluding hydrogens is 388 g/mol. The van der Waals surface area contributed by atoms with Gasteiger partial charge in [-0.15, -0.1) is 0 Å². The molecular formula is C21H16N4O5. The fourth-order valence-electron chi connectivity index (χ4n) is 3.45. The first kappa shape index (κ1) is 19.1. The van der Waals surface area contributed by atoms with Crippen LogP contribution in [0.15, 0.2) is 54.6 Å². The number of carbonyl (C=O) groups excluding carboxylic acids is 3. The number of hydrogen-bond acceptors (Lipinski definition) is 5. The molecule has 9 nitrogen and oxygen atoms in total. The molecule has 0 spiro atoms. The fraction of sp³-hybridized carbons (Fsp3) is 0.0952. The zero-order chi connectivity index (χ0) is 21.6. The van der Waals surface area contributed by atoms with Crippen molar-refractivity contribution in [3.8, 4) is 0 Å². The lowest BCUT2D eigenvalue weighted by Gasteiger charge is -2.16. The second-order valence-corrected chi connectivity index (χ2v) is 6.85. The molecule has 0 fully saturated rings. The van der Waals surface area contributed by atoms with Crippen LogP contribution in [0.5, 0.6) is 0 Å². The van der Waals surface area contributed by atoms with E-state index in [1.807, 2.05) is 26.0 Å². The Labute approximate surface area is 170 Å². The largest absolute Gasteiger partial charge is 0.283 e. The number of imide groups is 1. The van der Waals surface area contributed by atoms with Gasteiger partial charge in [-0.1, -0.05) is 12.1 Å². The highest BCUT2D eigenvalue weighted by molar-refractivity contribution is 6.35. The third-order valence-electron chi connectivity index (χ3n) is 4.94. The average molecular weight is 404 g/mol. The number of nitrogens with zero attached hydrogens (tertiary/aromatic N) is 3. The van der Waals surface area contributed by atoms with Crippen molar-refractivity contribution in [3.05, 3.63) is 92.8 Å². The minimum absolute atomic E-state index is 0.0392. The topological polar surface area (TPSA) is 115 Å². The van der Waals surface area contributed by atoms with Crippen LogP contribution in [0.4, 0.5) is 11.4 Å². The van der Waals surface area contributed by atoms with Crippen LogP contribution in [0.3, 0.4) is 0 Å². The number of nitrogens with one attached hydrogen (secondary N) is 1. The normalized spacial score (nSPS) is 12.8. The minimum atomic E-state index is -0.794. The molecule has 0 radical (unpaired) electrons. The van der Waals surface area contributed by atoms with Gasteiger partial charge in [-0.05, 0) is 50.2 Å². The number of anilines is 1. The number of carbonyl (C=O) groups is 3. The number of hydrogen-bond donors (Lipinski definition) is 1. The Kier molecular flexibility index (Phi) is 4.42. The van der Waals surface area contributed by atoms with Gasteiger partial charge in [0.2, 0.25) is 0 Å². The quantitative estimate of drug-likeness (QED) is 0.407. The van der Waals surface area contributed by atoms with E-state index >= 15 is 0 Å². The summed E-state index contributed by atoms with van der Waals surface area (Å²) in [6.45, 7) is 3.69. The molecule has 4 rings (SSSR count). The summed E-state index contributed by atoms with van der Waals surface area (Å²) in [6.07, 6.45) is 0. The van der Waals surface area contributed by atoms with Crippen molar-refractivity contribution in [1.82, 2.24) is 4.68 Å². The summed E-state index contributed by atoms with van der Waals surface area (Å²) in [5, 5.41) is 11.3. The number of rotatable bonds is 4. The molecule has 0 saturated heterocycles. The van der Waals surface area contributed by atoms with E-state index in [9.17, 15) is 24.5 Å². The molecule has 3 aromatic rings. The third-order valence-corrected chi connectivity index (χ3v) is 4.94. The number of benzene rings is 2. The number of amides is 3. The van der Waals surface area contributed by atoms with Gasteiger partial charge in [-0.25, -0.2) is 4.90 Å². The van der Waals surface area contributed by atoms with E-state index in [4.69, 9.17) is 0 Å². The monoisotopic (exact) mass is 404 g/mol. The molecule has 150 valence electrons. The van der Waals surface area contributed by atoms with Crippen LogP contribution in [0.25, 0.3) is 0 Å². The van der Waals surface area contributed by atoms with Crippen LogP contribution in [0.1, 0.15) is 42.5 Å². The fourth-order valence-corrected chi connectivity index (χ4v) is 3.45. The molecule has 0 unspecified atom stereocenters. The Hall–Kier alpha value is -4.27. The summed E-state index contributed by atoms with van der Waals surface area (Å²) in [5.41, 5.74) is 4.10. The first-order valence-corrected chi connectivity index (χ1v) is 9.02. The van der Waals surface area contributed by atoms with Gasteiger partial charge in [0.1, 0.15) is 5.56 Å². The molecule has 1 N–H and O–H groups in total. The average Bonchev–Trinajstić information content (AvgIpc) is 3.18. The second kappa shape index (κ2) is 6.96. The van der Waals surface area contributed by atoms with Crippen molar-refractivity contribution in [2.75, 3.05) is 10.3 Å². The first-order chi connectivity index (χ1) is 14.3. The van der Waals surface area contributed by atoms with Crippen LogP contribution in [0, 0.1) is 24.0 Å². The van der Waals surface area contributed by atoms with Crippen LogP contribution in [0.2, 0.25) is 0 Å². The van der Waals surface area contributed by atoms with Gasteiger partial charge in [-0.2, -0.15) is 0 Å². The van der Waals surface area contributed by atoms with Crippen molar-refractivity contribution in [1.29, 1.82) is 0 Å². The molecule has 0 saturated carbocycles. The number of aryl methyl sites for hydroxylation is 2. The molecule has 30 heavy (non-hydrogen) atoms. The lowest BCUT2D eigenvalue weighted by atomic mass is 10.1. The zero-order valence-electron chi connectivity index (χ0n) is 16.1. The molecule has 2 heterocycles. The van der Waals surface area contributed by atoms with Crippen LogP contribution >= 0.6 is 0 Å². The number of nitro benzene ring substituents is 1. The predicted octanol–water partition coefficient (Wildman–Crippen LogP) is 3.20. The second-order valence-electron chi connectivity index (χ2n) is 6.85. The highest BCUT2D eigenvalue weighted by atomic mass is 16.6. The van der Waals surface area contributed by atoms with E-state index in [1.54, 1.807) is 10.7 Å². The van der Waals surface area contributed by atoms with E-state index in [0.717, 1.165) is 16.3 Å². The van der Waals surface area contributed by atoms with Gasteiger partial charge in [-0.3, -0.25) is 34.6 Å². The Balaban J connectivity index is 1.69. The van der Waals surface area contributed by atoms with E-state index in [1.165, 1.54) is 36.4 Å². The maximum Gasteiger partial charge on any atom is 0.283 e. The molecule has 9 heteroatoms. The molecule has 2 aromatic carbocycles. The maximum atomic E-state index is 12.9. The van der Waals surface area contributed by atoms with Crippen LogP contribution < -0.4 is 10.3 Å². The van der Waals surface area contributed by atoms with E-state index in [2.05, 4.69) is 5.43 Å². The summed E-state index contributed by atoms with van der Waals surface area (Å²) < 4.78 is 1.63. The van der Waals surface area contributed by atoms with Gasteiger partial charge in [0, 0.05) is 23.0 Å². The number of aromatic nitrogens is 1. The Bertz CT molecular complexity index is 1220. The SMILES string of the molecule is Cc1ccc(C)n1NC(=O)c1cccc(N2C(=O)c3cccc([N+](=O)[O-])c3C2=O)c1. The van der Waals surface area contributed by atoms with Crippen molar-refractivity contribution in [2.24, 2.45) is 0 Å². The summed E-state index contributed by atoms with van der Waals surface area (Å²) >= 11 is 0. The van der Waals surface area contributed by atoms with Gasteiger partial charge in [0.25, 0.3) is 23.4 Å². The molecule has 1 aliphatic heterocycles. The Morgan fingerprint density at radius 2 is 1.63 bits per heavy atom. The zero-order valence-corrected chi connectivity index (χ0v) is 16.1. The molecule has 1 aliphatic rings. The Morgan fingerprint density at radius 3 is 2.30 bits per heavy atom. The molecule has 1 aromatic heterocycles. The summed E-state index contributed by atoms with van der Waals surface area (Å²) in [7, 11) is 0. The van der Waals surface area contributed by atoms with Crippen molar-refractivity contribution >= 4 is 29.1 Å². The summed E-state index contributed by atoms with van der Waals surface area (Å²) in [6, 6.07) is 13.6. The van der Waals surface area contributed by atoms with Crippen LogP contribution in [-0.4, -0.2) is 27.3 Å². The van der Waals surface area contributed by atoms with Gasteiger partial charge < -0.3 is 0 Å². The Morgan fingerprint density at radius 1 is 0.967 bits per heavy atom. The molecule has 0 atom stereocenters. The first-order valence-electron chi connectivity index (χ1n) is 9.02. The smallest absolute Gasteiger partial charge is 0.268 e. The van der Waals surface area contributed by atoms with Gasteiger partial charge >= 0.3 is 0 Å². The summed E-state index contributed by atoms with van der Waals surface area (Å²) in [5.74, 6) is -1.90. The van der Waals surface area contributed by atoms with Crippen molar-refractivity contribution in [2.45, 2.75) is 13.8 Å². The molecule has 3 amide bonds. The third kappa shape index (κ3) is 2.93. The van der Waals surface area contributed by atoms with Gasteiger partial charge in [0.05, 0.1) is 16.2 Å². The van der Waals surface area contributed by atoms with Crippen LogP contribution in [-0.2, 0) is 0 Å². The highest BCUT2D eigenvalue weighted by Crippen LogP contribution is 2.34. The van der Waals surface area contributed by atoms with E-state index in [-0.39, 0.29) is 22.4 Å². The summed E-state index contributed by atoms with van der Waals surface area (Å²) in [4.78, 5) is 49.8. The van der Waals surface area contributed by atoms with Crippen molar-refractivity contribution < 1.29 is 19.3 Å². The van der Waals surface area contributed by atoms with E-state index < -0.39 is 28.3 Å². The maximum absolute atomic E-state index is 12.9. The minimum Gasteiger partial charge on any atom is -0.268 e. The predicted molar refractivity (Wildman–Crippen MR) is 108 cm³/mol. The highest BCUT2D eigenvalue weighted by Gasteiger charge is 2.41. The van der Waals surface area contributed by atoms with Crippen molar-refractivity contribution in [3.63, 3.8) is 0 Å². The molecule has 0 bridgehead atoms. The number of nitro groups is 1. The lowest BCUT2D eigenvalue weighted by Crippen LogP contribution is -2.30. The number of fused-ring (bicyclic) bond motifs is 1. The molecule has 0 aliphatic carbocycles. The standard InChI is InChI=1S/C21H16N4O5/c1-12-9-10-13(2)24(12)22-19(26)14-5-3-6-15(11-14)23-20(27)16-7-4-8-17(25(29)30)18(16)21(23)28/h3-11H,1-2H3,(H,22,26). The lowest BCUT2D eigenvalue weighted by molar-refractivity contribution is -0.385. The van der Waals surface area contributed by atoms with E-state index in [0.29, 0.717) is 0 Å². The van der Waals surface area contributed by atoms with Gasteiger partial charge in [0.15, 0.2) is 0 Å².